The first kappa shape index (κ1) is 15.4. The molecule has 0 radical (unpaired) electrons. The minimum atomic E-state index is -3.31. The van der Waals surface area contributed by atoms with Crippen molar-refractivity contribution in [2.24, 2.45) is 5.92 Å². The fourth-order valence-corrected chi connectivity index (χ4v) is 3.56. The molecule has 0 aromatic heterocycles. The highest BCUT2D eigenvalue weighted by Crippen LogP contribution is 2.22. The van der Waals surface area contributed by atoms with Gasteiger partial charge in [-0.05, 0) is 25.7 Å². The fourth-order valence-electron chi connectivity index (χ4n) is 2.13. The summed E-state index contributed by atoms with van der Waals surface area (Å²) in [5.74, 6) is -0.965. The SMILES string of the molecule is CCOCCS(=O)(=O)N1CCCC(CC(=O)O)C1. The van der Waals surface area contributed by atoms with Crippen LogP contribution in [0.1, 0.15) is 26.2 Å². The monoisotopic (exact) mass is 279 g/mol. The molecule has 0 saturated carbocycles. The van der Waals surface area contributed by atoms with Crippen molar-refractivity contribution in [1.82, 2.24) is 4.31 Å². The molecule has 18 heavy (non-hydrogen) atoms. The zero-order valence-electron chi connectivity index (χ0n) is 10.7. The molecule has 1 heterocycles. The summed E-state index contributed by atoms with van der Waals surface area (Å²) in [5.41, 5.74) is 0. The van der Waals surface area contributed by atoms with Gasteiger partial charge in [-0.1, -0.05) is 0 Å². The lowest BCUT2D eigenvalue weighted by atomic mass is 9.96. The summed E-state index contributed by atoms with van der Waals surface area (Å²) in [5, 5.41) is 8.74. The van der Waals surface area contributed by atoms with Crippen LogP contribution in [-0.4, -0.2) is 55.9 Å². The molecule has 0 aliphatic carbocycles. The molecule has 0 spiro atoms. The number of carbonyl (C=O) groups is 1. The van der Waals surface area contributed by atoms with Gasteiger partial charge in [0.25, 0.3) is 0 Å². The zero-order valence-corrected chi connectivity index (χ0v) is 11.5. The van der Waals surface area contributed by atoms with Crippen molar-refractivity contribution in [2.75, 3.05) is 32.1 Å². The highest BCUT2D eigenvalue weighted by Gasteiger charge is 2.29. The predicted octanol–water partition coefficient (Wildman–Crippen LogP) is 0.539. The lowest BCUT2D eigenvalue weighted by molar-refractivity contribution is -0.138. The minimum Gasteiger partial charge on any atom is -0.481 e. The molecule has 1 rings (SSSR count). The number of carboxylic acid groups (broad SMARTS) is 1. The van der Waals surface area contributed by atoms with Crippen LogP contribution >= 0.6 is 0 Å². The summed E-state index contributed by atoms with van der Waals surface area (Å²) in [4.78, 5) is 10.6. The Hall–Kier alpha value is -0.660. The third-order valence-corrected chi connectivity index (χ3v) is 4.83. The molecule has 0 aromatic carbocycles. The molecule has 1 fully saturated rings. The van der Waals surface area contributed by atoms with Gasteiger partial charge < -0.3 is 9.84 Å². The average Bonchev–Trinajstić information content (AvgIpc) is 2.28. The summed E-state index contributed by atoms with van der Waals surface area (Å²) in [6.07, 6.45) is 1.55. The van der Waals surface area contributed by atoms with E-state index in [0.717, 1.165) is 12.8 Å². The predicted molar refractivity (Wildman–Crippen MR) is 66.8 cm³/mol. The van der Waals surface area contributed by atoms with Crippen LogP contribution in [0.5, 0.6) is 0 Å². The summed E-state index contributed by atoms with van der Waals surface area (Å²) >= 11 is 0. The third kappa shape index (κ3) is 4.91. The van der Waals surface area contributed by atoms with E-state index in [1.807, 2.05) is 6.92 Å². The molecule has 7 heteroatoms. The Balaban J connectivity index is 2.51. The van der Waals surface area contributed by atoms with Crippen molar-refractivity contribution in [3.05, 3.63) is 0 Å². The van der Waals surface area contributed by atoms with Crippen molar-refractivity contribution in [3.63, 3.8) is 0 Å². The van der Waals surface area contributed by atoms with Gasteiger partial charge in [0, 0.05) is 26.1 Å². The number of piperidine rings is 1. The van der Waals surface area contributed by atoms with E-state index in [1.165, 1.54) is 4.31 Å². The van der Waals surface area contributed by atoms with Crippen LogP contribution in [-0.2, 0) is 19.6 Å². The normalized spacial score (nSPS) is 21.9. The van der Waals surface area contributed by atoms with E-state index in [0.29, 0.717) is 19.7 Å². The average molecular weight is 279 g/mol. The molecule has 0 aromatic rings. The van der Waals surface area contributed by atoms with E-state index in [1.54, 1.807) is 0 Å². The largest absolute Gasteiger partial charge is 0.481 e. The van der Waals surface area contributed by atoms with Gasteiger partial charge in [-0.15, -0.1) is 0 Å². The molecule has 1 unspecified atom stereocenters. The van der Waals surface area contributed by atoms with Gasteiger partial charge in [0.1, 0.15) is 0 Å². The van der Waals surface area contributed by atoms with E-state index in [-0.39, 0.29) is 24.7 Å². The Labute approximate surface area is 108 Å². The van der Waals surface area contributed by atoms with E-state index in [9.17, 15) is 13.2 Å². The van der Waals surface area contributed by atoms with Crippen LogP contribution < -0.4 is 0 Å². The summed E-state index contributed by atoms with van der Waals surface area (Å²) in [6.45, 7) is 3.32. The number of hydrogen-bond donors (Lipinski definition) is 1. The molecular weight excluding hydrogens is 258 g/mol. The Kier molecular flexibility index (Phi) is 6.04. The van der Waals surface area contributed by atoms with Crippen molar-refractivity contribution < 1.29 is 23.1 Å². The summed E-state index contributed by atoms with van der Waals surface area (Å²) in [7, 11) is -3.31. The number of nitrogens with zero attached hydrogens (tertiary/aromatic N) is 1. The highest BCUT2D eigenvalue weighted by atomic mass is 32.2. The molecule has 106 valence electrons. The van der Waals surface area contributed by atoms with E-state index < -0.39 is 16.0 Å². The number of hydrogen-bond acceptors (Lipinski definition) is 4. The zero-order chi connectivity index (χ0) is 13.6. The summed E-state index contributed by atoms with van der Waals surface area (Å²) in [6, 6.07) is 0. The van der Waals surface area contributed by atoms with Gasteiger partial charge in [-0.3, -0.25) is 4.79 Å². The third-order valence-electron chi connectivity index (χ3n) is 3.03. The van der Waals surface area contributed by atoms with Gasteiger partial charge in [-0.2, -0.15) is 0 Å². The molecule has 1 aliphatic rings. The second-order valence-electron chi connectivity index (χ2n) is 4.48. The minimum absolute atomic E-state index is 0.0272. The number of aliphatic carboxylic acids is 1. The lowest BCUT2D eigenvalue weighted by Crippen LogP contribution is -2.42. The molecule has 1 atom stereocenters. The number of carboxylic acids is 1. The van der Waals surface area contributed by atoms with Crippen molar-refractivity contribution >= 4 is 16.0 Å². The van der Waals surface area contributed by atoms with Gasteiger partial charge in [-0.25, -0.2) is 12.7 Å². The van der Waals surface area contributed by atoms with E-state index >= 15 is 0 Å². The molecule has 0 amide bonds. The Morgan fingerprint density at radius 2 is 2.22 bits per heavy atom. The van der Waals surface area contributed by atoms with Gasteiger partial charge >= 0.3 is 5.97 Å². The van der Waals surface area contributed by atoms with Crippen LogP contribution in [0.3, 0.4) is 0 Å². The molecule has 6 nitrogen and oxygen atoms in total. The number of rotatable bonds is 7. The first-order chi connectivity index (χ1) is 8.45. The number of sulfonamides is 1. The van der Waals surface area contributed by atoms with Crippen molar-refractivity contribution in [2.45, 2.75) is 26.2 Å². The Morgan fingerprint density at radius 3 is 2.83 bits per heavy atom. The number of ether oxygens (including phenoxy) is 1. The topological polar surface area (TPSA) is 83.9 Å². The van der Waals surface area contributed by atoms with Crippen molar-refractivity contribution in [3.8, 4) is 0 Å². The maximum absolute atomic E-state index is 12.0. The van der Waals surface area contributed by atoms with Gasteiger partial charge in [0.05, 0.1) is 12.4 Å². The molecule has 1 saturated heterocycles. The smallest absolute Gasteiger partial charge is 0.303 e. The molecule has 0 bridgehead atoms. The van der Waals surface area contributed by atoms with E-state index in [2.05, 4.69) is 0 Å². The first-order valence-corrected chi connectivity index (χ1v) is 7.84. The Morgan fingerprint density at radius 1 is 1.50 bits per heavy atom. The second-order valence-corrected chi connectivity index (χ2v) is 6.57. The molecule has 1 N–H and O–H groups in total. The van der Waals surface area contributed by atoms with Crippen LogP contribution in [0.4, 0.5) is 0 Å². The van der Waals surface area contributed by atoms with Crippen LogP contribution in [0.15, 0.2) is 0 Å². The lowest BCUT2D eigenvalue weighted by Gasteiger charge is -2.31. The second kappa shape index (κ2) is 7.06. The van der Waals surface area contributed by atoms with Gasteiger partial charge in [0.15, 0.2) is 0 Å². The van der Waals surface area contributed by atoms with Gasteiger partial charge in [0.2, 0.25) is 10.0 Å². The standard InChI is InChI=1S/C11H21NO5S/c1-2-17-6-7-18(15,16)12-5-3-4-10(9-12)8-11(13)14/h10H,2-9H2,1H3,(H,13,14). The molecular formula is C11H21NO5S. The maximum atomic E-state index is 12.0. The highest BCUT2D eigenvalue weighted by molar-refractivity contribution is 7.89. The fraction of sp³-hybridized carbons (Fsp3) is 0.909. The maximum Gasteiger partial charge on any atom is 0.303 e. The summed E-state index contributed by atoms with van der Waals surface area (Å²) < 4.78 is 30.4. The van der Waals surface area contributed by atoms with Crippen molar-refractivity contribution in [1.29, 1.82) is 0 Å². The first-order valence-electron chi connectivity index (χ1n) is 6.23. The van der Waals surface area contributed by atoms with Crippen LogP contribution in [0.2, 0.25) is 0 Å². The molecule has 1 aliphatic heterocycles. The van der Waals surface area contributed by atoms with Crippen LogP contribution in [0, 0.1) is 5.92 Å². The van der Waals surface area contributed by atoms with E-state index in [4.69, 9.17) is 9.84 Å². The Bertz CT molecular complexity index is 368. The quantitative estimate of drug-likeness (QED) is 0.688. The van der Waals surface area contributed by atoms with Crippen LogP contribution in [0.25, 0.3) is 0 Å².